The third kappa shape index (κ3) is 3.51. The molecule has 0 radical (unpaired) electrons. The zero-order valence-electron chi connectivity index (χ0n) is 12.7. The Labute approximate surface area is 153 Å². The first-order valence-electron chi connectivity index (χ1n) is 7.27. The Morgan fingerprint density at radius 3 is 2.25 bits per heavy atom. The quantitative estimate of drug-likeness (QED) is 0.432. The van der Waals surface area contributed by atoms with Crippen molar-refractivity contribution in [3.8, 4) is 5.75 Å². The third-order valence-electron chi connectivity index (χ3n) is 3.63. The van der Waals surface area contributed by atoms with Gasteiger partial charge in [-0.3, -0.25) is 15.6 Å². The summed E-state index contributed by atoms with van der Waals surface area (Å²) in [5, 5.41) is 11.8. The van der Waals surface area contributed by atoms with Crippen LogP contribution in [0.5, 0.6) is 5.75 Å². The predicted molar refractivity (Wildman–Crippen MR) is 104 cm³/mol. The number of benzene rings is 3. The summed E-state index contributed by atoms with van der Waals surface area (Å²) < 4.78 is 1.12. The Kier molecular flexibility index (Phi) is 4.71. The number of nitrogens with one attached hydrogen (secondary N) is 2. The first-order valence-corrected chi connectivity index (χ1v) is 8.35. The molecule has 120 valence electrons. The Morgan fingerprint density at radius 1 is 0.958 bits per heavy atom. The highest BCUT2D eigenvalue weighted by Gasteiger charge is 2.12. The van der Waals surface area contributed by atoms with Gasteiger partial charge in [-0.05, 0) is 63.2 Å². The lowest BCUT2D eigenvalue weighted by molar-refractivity contribution is 0.0940. The molecule has 3 N–H and O–H groups in total. The van der Waals surface area contributed by atoms with E-state index in [0.29, 0.717) is 5.70 Å². The average molecular weight is 430 g/mol. The van der Waals surface area contributed by atoms with Crippen molar-refractivity contribution in [2.45, 2.75) is 0 Å². The summed E-state index contributed by atoms with van der Waals surface area (Å²) in [5.41, 5.74) is 7.00. The van der Waals surface area contributed by atoms with Gasteiger partial charge in [0.15, 0.2) is 0 Å². The minimum Gasteiger partial charge on any atom is -0.507 e. The van der Waals surface area contributed by atoms with Gasteiger partial charge in [-0.15, -0.1) is 0 Å². The number of amides is 1. The molecule has 0 saturated heterocycles. The highest BCUT2D eigenvalue weighted by molar-refractivity contribution is 14.1. The number of phenolic OH excluding ortho intramolecular Hbond substituents is 1. The highest BCUT2D eigenvalue weighted by Crippen LogP contribution is 2.24. The molecule has 3 aromatic carbocycles. The van der Waals surface area contributed by atoms with Crippen molar-refractivity contribution in [1.82, 2.24) is 10.9 Å². The number of carbonyl (C=O) groups is 1. The van der Waals surface area contributed by atoms with Crippen molar-refractivity contribution in [2.24, 2.45) is 0 Å². The van der Waals surface area contributed by atoms with Crippen LogP contribution in [-0.4, -0.2) is 11.0 Å². The second-order valence-electron chi connectivity index (χ2n) is 5.28. The molecule has 0 fully saturated rings. The fourth-order valence-corrected chi connectivity index (χ4v) is 2.69. The number of hydrazine groups is 1. The molecule has 0 aliphatic heterocycles. The number of halogens is 1. The van der Waals surface area contributed by atoms with Crippen LogP contribution in [-0.2, 0) is 0 Å². The average Bonchev–Trinajstić information content (AvgIpc) is 2.59. The Hall–Kier alpha value is -2.54. The van der Waals surface area contributed by atoms with Crippen LogP contribution in [0.1, 0.15) is 15.9 Å². The van der Waals surface area contributed by atoms with Gasteiger partial charge in [0.1, 0.15) is 5.75 Å². The van der Waals surface area contributed by atoms with E-state index >= 15 is 0 Å². The standard InChI is InChI=1S/C19H15IN2O2/c1-12(13-6-8-16(20)9-7-13)21-22-19(24)17-10-14-4-2-3-5-15(14)11-18(17)23/h2-11,21,23H,1H2,(H,22,24). The Balaban J connectivity index is 1.74. The number of hydrogen-bond donors (Lipinski definition) is 3. The summed E-state index contributed by atoms with van der Waals surface area (Å²) in [6.45, 7) is 3.90. The van der Waals surface area contributed by atoms with Gasteiger partial charge < -0.3 is 5.11 Å². The van der Waals surface area contributed by atoms with Crippen LogP contribution < -0.4 is 10.9 Å². The number of rotatable bonds is 4. The maximum atomic E-state index is 12.3. The van der Waals surface area contributed by atoms with Gasteiger partial charge in [0.2, 0.25) is 0 Å². The van der Waals surface area contributed by atoms with Gasteiger partial charge in [0, 0.05) is 3.57 Å². The fourth-order valence-electron chi connectivity index (χ4n) is 2.33. The van der Waals surface area contributed by atoms with Crippen LogP contribution in [0.15, 0.2) is 67.2 Å². The summed E-state index contributed by atoms with van der Waals surface area (Å²) in [6.07, 6.45) is 0. The minimum atomic E-state index is -0.426. The molecule has 3 aromatic rings. The monoisotopic (exact) mass is 430 g/mol. The molecule has 0 unspecified atom stereocenters. The van der Waals surface area contributed by atoms with Crippen molar-refractivity contribution < 1.29 is 9.90 Å². The predicted octanol–water partition coefficient (Wildman–Crippen LogP) is 4.06. The van der Waals surface area contributed by atoms with Gasteiger partial charge in [0.05, 0.1) is 11.3 Å². The topological polar surface area (TPSA) is 61.4 Å². The van der Waals surface area contributed by atoms with E-state index in [4.69, 9.17) is 0 Å². The van der Waals surface area contributed by atoms with Crippen LogP contribution in [0.2, 0.25) is 0 Å². The normalized spacial score (nSPS) is 10.4. The van der Waals surface area contributed by atoms with Gasteiger partial charge >= 0.3 is 0 Å². The number of fused-ring (bicyclic) bond motifs is 1. The van der Waals surface area contributed by atoms with Crippen LogP contribution in [0, 0.1) is 3.57 Å². The molecule has 1 amide bonds. The van der Waals surface area contributed by atoms with Crippen molar-refractivity contribution in [3.63, 3.8) is 0 Å². The van der Waals surface area contributed by atoms with Gasteiger partial charge in [-0.25, -0.2) is 0 Å². The molecular weight excluding hydrogens is 415 g/mol. The summed E-state index contributed by atoms with van der Waals surface area (Å²) in [5.74, 6) is -0.488. The Bertz CT molecular complexity index is 920. The lowest BCUT2D eigenvalue weighted by Gasteiger charge is -2.12. The van der Waals surface area contributed by atoms with Crippen molar-refractivity contribution in [3.05, 3.63) is 81.9 Å². The number of hydrogen-bond acceptors (Lipinski definition) is 3. The Morgan fingerprint density at radius 2 is 1.58 bits per heavy atom. The van der Waals surface area contributed by atoms with Crippen molar-refractivity contribution in [2.75, 3.05) is 0 Å². The van der Waals surface area contributed by atoms with E-state index in [9.17, 15) is 9.90 Å². The summed E-state index contributed by atoms with van der Waals surface area (Å²) in [7, 11) is 0. The van der Waals surface area contributed by atoms with E-state index in [1.807, 2.05) is 48.5 Å². The van der Waals surface area contributed by atoms with Crippen LogP contribution >= 0.6 is 22.6 Å². The molecule has 0 aliphatic carbocycles. The second kappa shape index (κ2) is 6.92. The van der Waals surface area contributed by atoms with E-state index in [0.717, 1.165) is 19.9 Å². The largest absolute Gasteiger partial charge is 0.507 e. The van der Waals surface area contributed by atoms with Gasteiger partial charge in [-0.1, -0.05) is 43.0 Å². The second-order valence-corrected chi connectivity index (χ2v) is 6.53. The number of aromatic hydroxyl groups is 1. The zero-order valence-corrected chi connectivity index (χ0v) is 14.9. The van der Waals surface area contributed by atoms with Crippen LogP contribution in [0.4, 0.5) is 0 Å². The lowest BCUT2D eigenvalue weighted by atomic mass is 10.1. The molecule has 5 heteroatoms. The molecule has 3 rings (SSSR count). The van der Waals surface area contributed by atoms with E-state index in [1.54, 1.807) is 12.1 Å². The van der Waals surface area contributed by atoms with E-state index in [2.05, 4.69) is 40.0 Å². The molecule has 0 heterocycles. The highest BCUT2D eigenvalue weighted by atomic mass is 127. The molecule has 0 aromatic heterocycles. The van der Waals surface area contributed by atoms with Crippen molar-refractivity contribution >= 4 is 45.0 Å². The van der Waals surface area contributed by atoms with E-state index in [1.165, 1.54) is 0 Å². The summed E-state index contributed by atoms with van der Waals surface area (Å²) in [4.78, 5) is 12.3. The molecule has 24 heavy (non-hydrogen) atoms. The fraction of sp³-hybridized carbons (Fsp3) is 0. The molecule has 0 bridgehead atoms. The van der Waals surface area contributed by atoms with Gasteiger partial charge in [0.25, 0.3) is 5.91 Å². The molecule has 0 atom stereocenters. The van der Waals surface area contributed by atoms with E-state index < -0.39 is 5.91 Å². The van der Waals surface area contributed by atoms with Crippen LogP contribution in [0.25, 0.3) is 16.5 Å². The SMILES string of the molecule is C=C(NNC(=O)c1cc2ccccc2cc1O)c1ccc(I)cc1. The summed E-state index contributed by atoms with van der Waals surface area (Å²) in [6, 6.07) is 18.5. The zero-order chi connectivity index (χ0) is 17.1. The van der Waals surface area contributed by atoms with E-state index in [-0.39, 0.29) is 11.3 Å². The molecule has 0 spiro atoms. The smallest absolute Gasteiger partial charge is 0.273 e. The third-order valence-corrected chi connectivity index (χ3v) is 4.35. The summed E-state index contributed by atoms with van der Waals surface area (Å²) >= 11 is 2.22. The first-order chi connectivity index (χ1) is 11.5. The van der Waals surface area contributed by atoms with Crippen molar-refractivity contribution in [1.29, 1.82) is 0 Å². The maximum absolute atomic E-state index is 12.3. The number of carbonyl (C=O) groups excluding carboxylic acids is 1. The maximum Gasteiger partial charge on any atom is 0.273 e. The number of phenols is 1. The van der Waals surface area contributed by atoms with Gasteiger partial charge in [-0.2, -0.15) is 0 Å². The molecule has 0 aliphatic rings. The first kappa shape index (κ1) is 16.3. The minimum absolute atomic E-state index is 0.0622. The molecule has 4 nitrogen and oxygen atoms in total. The molecule has 0 saturated carbocycles. The molecular formula is C19H15IN2O2. The lowest BCUT2D eigenvalue weighted by Crippen LogP contribution is -2.35. The van der Waals surface area contributed by atoms with Crippen LogP contribution in [0.3, 0.4) is 0 Å².